The molecular formula is C51H79NO11S2. The van der Waals surface area contributed by atoms with Crippen LogP contribution in [0.15, 0.2) is 47.4 Å². The number of carbonyl (C=O) groups excluding carboxylic acids is 2. The fourth-order valence-corrected chi connectivity index (χ4v) is 13.6. The van der Waals surface area contributed by atoms with Crippen molar-refractivity contribution >= 4 is 39.2 Å². The fraction of sp³-hybridized carbons (Fsp3) is 0.784. The topological polar surface area (TPSA) is 170 Å². The van der Waals surface area contributed by atoms with E-state index in [-0.39, 0.29) is 41.7 Å². The summed E-state index contributed by atoms with van der Waals surface area (Å²) in [5.41, 5.74) is -1.70. The fourth-order valence-electron chi connectivity index (χ4n) is 11.6. The summed E-state index contributed by atoms with van der Waals surface area (Å²) >= 11 is 0. The van der Waals surface area contributed by atoms with E-state index in [9.17, 15) is 29.7 Å². The number of aliphatic hydroxyl groups is 2. The molecule has 5 heterocycles. The molecule has 1 aromatic carbocycles. The average Bonchev–Trinajstić information content (AvgIpc) is 3.63. The minimum Gasteiger partial charge on any atom is -0.481 e. The van der Waals surface area contributed by atoms with Gasteiger partial charge < -0.3 is 44.3 Å². The van der Waals surface area contributed by atoms with E-state index in [4.69, 9.17) is 23.7 Å². The number of amides is 1. The largest absolute Gasteiger partial charge is 0.481 e. The number of ketones is 1. The third-order valence-corrected chi connectivity index (χ3v) is 18.5. The molecule has 0 radical (unpaired) electrons. The molecule has 0 aliphatic carbocycles. The number of rotatable bonds is 18. The van der Waals surface area contributed by atoms with Gasteiger partial charge in [-0.1, -0.05) is 101 Å². The van der Waals surface area contributed by atoms with Crippen LogP contribution in [0.3, 0.4) is 0 Å². The van der Waals surface area contributed by atoms with Gasteiger partial charge in [-0.3, -0.25) is 14.4 Å². The van der Waals surface area contributed by atoms with E-state index in [1.54, 1.807) is 28.5 Å². The lowest BCUT2D eigenvalue weighted by Gasteiger charge is -2.55. The summed E-state index contributed by atoms with van der Waals surface area (Å²) in [6, 6.07) is 9.45. The number of aliphatic carboxylic acids is 1. The van der Waals surface area contributed by atoms with Gasteiger partial charge in [-0.25, -0.2) is 0 Å². The van der Waals surface area contributed by atoms with E-state index in [1.807, 2.05) is 71.9 Å². The molecule has 4 fully saturated rings. The number of nitrogens with one attached hydrogen (secondary N) is 1. The van der Waals surface area contributed by atoms with Gasteiger partial charge in [0.2, 0.25) is 5.91 Å². The van der Waals surface area contributed by atoms with Gasteiger partial charge in [-0.15, -0.1) is 0 Å². The Hall–Kier alpha value is -2.01. The Bertz CT molecular complexity index is 1810. The van der Waals surface area contributed by atoms with E-state index < -0.39 is 82.9 Å². The van der Waals surface area contributed by atoms with Crippen molar-refractivity contribution < 1.29 is 53.4 Å². The van der Waals surface area contributed by atoms with Crippen LogP contribution < -0.4 is 5.32 Å². The van der Waals surface area contributed by atoms with Crippen molar-refractivity contribution in [2.45, 2.75) is 210 Å². The molecule has 12 nitrogen and oxygen atoms in total. The van der Waals surface area contributed by atoms with Crippen molar-refractivity contribution in [1.82, 2.24) is 5.32 Å². The van der Waals surface area contributed by atoms with Crippen molar-refractivity contribution in [3.8, 4) is 0 Å². The van der Waals surface area contributed by atoms with Gasteiger partial charge in [0.25, 0.3) is 0 Å². The third kappa shape index (κ3) is 11.2. The molecule has 5 aliphatic heterocycles. The van der Waals surface area contributed by atoms with Crippen molar-refractivity contribution in [2.24, 2.45) is 41.4 Å². The Kier molecular flexibility index (Phi) is 17.5. The van der Waals surface area contributed by atoms with Crippen LogP contribution in [-0.2, 0) is 38.1 Å². The smallest absolute Gasteiger partial charge is 0.309 e. The highest BCUT2D eigenvalue weighted by Gasteiger charge is 2.63. The SMILES string of the molecule is CC[C@@H](C(=O)O)C1CC[C@H](C)C([C@@H](C)[C@H](O)[C@H](C)C(=O)[C@H](CC)C2O[C@]3(C=C[C@@H](NC(=O)CCSSc4ccccc4)[C@]4(CC[C@@](C)(C5CC[C@](O)(CC)[C@H](C)O5)O4)O3)[C@H](C)C[C@@H]2C)O1. The standard InChI is InChI=1S/C51H79NO11S2/c1-11-37(47(56)57)39-20-19-30(4)45(60-39)34(8)43(54)33(7)44(55)38(12-2)46-31(5)29-32(6)50(61-46)25-21-40(52-42(53)23-28-64-65-36-17-15-14-16-18-36)51(63-50)27-26-48(10,62-51)41-22-24-49(58,13-3)35(9)59-41/h14-18,21,25,30-35,37-41,43,45-46,54,58H,11-13,19-20,22-24,26-29H2,1-10H3,(H,52,53)(H,56,57)/t30-,31-,32+,33-,34-,35-,37+,38-,39?,40+,41?,43+,45?,46?,48-,49+,50-,51-/m0/s1. The summed E-state index contributed by atoms with van der Waals surface area (Å²) in [6.45, 7) is 19.8. The highest BCUT2D eigenvalue weighted by molar-refractivity contribution is 8.76. The molecular weight excluding hydrogens is 867 g/mol. The number of ether oxygens (including phenoxy) is 5. The summed E-state index contributed by atoms with van der Waals surface area (Å²) in [7, 11) is 3.27. The van der Waals surface area contributed by atoms with Crippen LogP contribution in [0.25, 0.3) is 0 Å². The molecule has 1 aromatic rings. The lowest BCUT2D eigenvalue weighted by atomic mass is 9.72. The first-order valence-corrected chi connectivity index (χ1v) is 27.0. The van der Waals surface area contributed by atoms with Gasteiger partial charge in [0, 0.05) is 47.2 Å². The van der Waals surface area contributed by atoms with Crippen LogP contribution in [-0.4, -0.2) is 104 Å². The summed E-state index contributed by atoms with van der Waals surface area (Å²) < 4.78 is 34.7. The zero-order chi connectivity index (χ0) is 47.5. The summed E-state index contributed by atoms with van der Waals surface area (Å²) in [5, 5.41) is 36.3. The molecule has 4 N–H and O–H groups in total. The molecule has 65 heavy (non-hydrogen) atoms. The van der Waals surface area contributed by atoms with Crippen molar-refractivity contribution in [3.05, 3.63) is 42.5 Å². The second-order valence-electron chi connectivity index (χ2n) is 20.5. The number of hydrogen-bond donors (Lipinski definition) is 4. The first-order valence-electron chi connectivity index (χ1n) is 24.6. The quantitative estimate of drug-likeness (QED) is 0.0625. The highest BCUT2D eigenvalue weighted by atomic mass is 33.1. The van der Waals surface area contributed by atoms with Crippen LogP contribution in [0.5, 0.6) is 0 Å². The number of carbonyl (C=O) groups is 3. The first-order chi connectivity index (χ1) is 30.8. The Labute approximate surface area is 396 Å². The van der Waals surface area contributed by atoms with E-state index in [0.717, 1.165) is 11.3 Å². The number of benzene rings is 1. The lowest BCUT2D eigenvalue weighted by Crippen LogP contribution is -2.65. The molecule has 0 saturated carbocycles. The van der Waals surface area contributed by atoms with Crippen LogP contribution in [0.4, 0.5) is 0 Å². The zero-order valence-corrected chi connectivity index (χ0v) is 42.2. The second kappa shape index (κ2) is 21.7. The normalized spacial score (nSPS) is 39.7. The monoisotopic (exact) mass is 946 g/mol. The average molecular weight is 946 g/mol. The molecule has 366 valence electrons. The number of carboxylic acid groups (broad SMARTS) is 1. The Balaban J connectivity index is 1.21. The number of carboxylic acids is 1. The molecule has 5 aliphatic rings. The maximum absolute atomic E-state index is 14.7. The van der Waals surface area contributed by atoms with Gasteiger partial charge in [0.15, 0.2) is 11.6 Å². The zero-order valence-electron chi connectivity index (χ0n) is 40.5. The van der Waals surface area contributed by atoms with Crippen LogP contribution in [0.2, 0.25) is 0 Å². The molecule has 4 saturated heterocycles. The maximum atomic E-state index is 14.7. The Morgan fingerprint density at radius 1 is 0.892 bits per heavy atom. The predicted molar refractivity (Wildman–Crippen MR) is 254 cm³/mol. The second-order valence-corrected chi connectivity index (χ2v) is 23.0. The van der Waals surface area contributed by atoms with E-state index in [1.165, 1.54) is 0 Å². The molecule has 2 spiro atoms. The van der Waals surface area contributed by atoms with Crippen molar-refractivity contribution in [3.63, 3.8) is 0 Å². The van der Waals surface area contributed by atoms with E-state index in [0.29, 0.717) is 70.0 Å². The lowest BCUT2D eigenvalue weighted by molar-refractivity contribution is -0.398. The van der Waals surface area contributed by atoms with E-state index >= 15 is 0 Å². The molecule has 14 heteroatoms. The van der Waals surface area contributed by atoms with Crippen LogP contribution >= 0.6 is 21.6 Å². The summed E-state index contributed by atoms with van der Waals surface area (Å²) in [5.74, 6) is -5.46. The molecule has 18 atom stereocenters. The number of Topliss-reactive ketones (excluding diaryl/α,β-unsaturated/α-hetero) is 1. The molecule has 6 rings (SSSR count). The van der Waals surface area contributed by atoms with Gasteiger partial charge in [-0.05, 0) is 102 Å². The Morgan fingerprint density at radius 3 is 2.25 bits per heavy atom. The maximum Gasteiger partial charge on any atom is 0.309 e. The number of aliphatic hydroxyl groups excluding tert-OH is 1. The van der Waals surface area contributed by atoms with Gasteiger partial charge in [-0.2, -0.15) is 0 Å². The predicted octanol–water partition coefficient (Wildman–Crippen LogP) is 9.14. The summed E-state index contributed by atoms with van der Waals surface area (Å²) in [6.07, 6.45) is 6.98. The Morgan fingerprint density at radius 2 is 1.60 bits per heavy atom. The van der Waals surface area contributed by atoms with Gasteiger partial charge >= 0.3 is 5.97 Å². The first kappa shape index (κ1) is 52.4. The summed E-state index contributed by atoms with van der Waals surface area (Å²) in [4.78, 5) is 41.6. The minimum atomic E-state index is -1.31. The number of hydrogen-bond acceptors (Lipinski definition) is 12. The molecule has 4 unspecified atom stereocenters. The van der Waals surface area contributed by atoms with Crippen LogP contribution in [0, 0.1) is 41.4 Å². The third-order valence-electron chi connectivity index (χ3n) is 16.1. The molecule has 0 bridgehead atoms. The molecule has 0 aromatic heterocycles. The van der Waals surface area contributed by atoms with Crippen molar-refractivity contribution in [2.75, 3.05) is 5.75 Å². The highest BCUT2D eigenvalue weighted by Crippen LogP contribution is 2.54. The van der Waals surface area contributed by atoms with Gasteiger partial charge in [0.05, 0.1) is 53.7 Å². The van der Waals surface area contributed by atoms with Crippen molar-refractivity contribution in [1.29, 1.82) is 0 Å². The minimum absolute atomic E-state index is 0.0171. The van der Waals surface area contributed by atoms with Crippen LogP contribution in [0.1, 0.15) is 140 Å². The molecule has 1 amide bonds. The van der Waals surface area contributed by atoms with Gasteiger partial charge in [0.1, 0.15) is 11.8 Å². The van der Waals surface area contributed by atoms with E-state index in [2.05, 4.69) is 38.2 Å².